The number of hydrogen-bond donors (Lipinski definition) is 1. The molecule has 8 nitrogen and oxygen atoms in total. The van der Waals surface area contributed by atoms with E-state index in [4.69, 9.17) is 39.5 Å². The molecular formula is C24H30Cl3N3O5S. The van der Waals surface area contributed by atoms with E-state index in [1.54, 1.807) is 31.2 Å². The average Bonchev–Trinajstić information content (AvgIpc) is 2.81. The molecule has 0 aromatic heterocycles. The summed E-state index contributed by atoms with van der Waals surface area (Å²) in [6, 6.07) is 8.30. The number of amides is 2. The first-order chi connectivity index (χ1) is 16.8. The number of carbonyl (C=O) groups excluding carboxylic acids is 2. The Morgan fingerprint density at radius 1 is 1.06 bits per heavy atom. The van der Waals surface area contributed by atoms with Gasteiger partial charge in [-0.2, -0.15) is 0 Å². The third-order valence-corrected chi connectivity index (χ3v) is 7.69. The first-order valence-electron chi connectivity index (χ1n) is 11.1. The van der Waals surface area contributed by atoms with Crippen LogP contribution >= 0.6 is 34.8 Å². The van der Waals surface area contributed by atoms with Gasteiger partial charge in [0.1, 0.15) is 18.3 Å². The Morgan fingerprint density at radius 2 is 1.72 bits per heavy atom. The summed E-state index contributed by atoms with van der Waals surface area (Å²) < 4.78 is 31.7. The number of hydrogen-bond acceptors (Lipinski definition) is 5. The fourth-order valence-corrected chi connectivity index (χ4v) is 4.67. The van der Waals surface area contributed by atoms with E-state index in [1.165, 1.54) is 24.1 Å². The molecule has 0 aliphatic carbocycles. The predicted molar refractivity (Wildman–Crippen MR) is 145 cm³/mol. The second-order valence-electron chi connectivity index (χ2n) is 8.35. The highest BCUT2D eigenvalue weighted by Gasteiger charge is 2.31. The molecule has 0 spiro atoms. The Kier molecular flexibility index (Phi) is 10.7. The van der Waals surface area contributed by atoms with Gasteiger partial charge in [0.25, 0.3) is 0 Å². The Morgan fingerprint density at radius 3 is 2.28 bits per heavy atom. The van der Waals surface area contributed by atoms with Gasteiger partial charge < -0.3 is 15.0 Å². The van der Waals surface area contributed by atoms with Crippen LogP contribution in [0.5, 0.6) is 5.75 Å². The van der Waals surface area contributed by atoms with Crippen molar-refractivity contribution >= 4 is 62.3 Å². The van der Waals surface area contributed by atoms with Crippen LogP contribution in [0.4, 0.5) is 5.69 Å². The summed E-state index contributed by atoms with van der Waals surface area (Å²) >= 11 is 18.3. The predicted octanol–water partition coefficient (Wildman–Crippen LogP) is 4.75. The van der Waals surface area contributed by atoms with E-state index in [0.29, 0.717) is 22.0 Å². The fourth-order valence-electron chi connectivity index (χ4n) is 3.34. The summed E-state index contributed by atoms with van der Waals surface area (Å²) in [6.45, 7) is 4.77. The normalized spacial score (nSPS) is 13.0. The highest BCUT2D eigenvalue weighted by molar-refractivity contribution is 7.92. The summed E-state index contributed by atoms with van der Waals surface area (Å²) in [5.41, 5.74) is 0.722. The minimum absolute atomic E-state index is 0.00486. The third kappa shape index (κ3) is 7.90. The van der Waals surface area contributed by atoms with Crippen LogP contribution < -0.4 is 14.4 Å². The number of ether oxygens (including phenoxy) is 1. The van der Waals surface area contributed by atoms with Crippen molar-refractivity contribution in [2.75, 3.05) is 24.2 Å². The molecule has 1 N–H and O–H groups in total. The van der Waals surface area contributed by atoms with E-state index in [-0.39, 0.29) is 35.0 Å². The Bertz CT molecular complexity index is 1210. The number of halogens is 3. The van der Waals surface area contributed by atoms with Crippen LogP contribution in [0.1, 0.15) is 32.8 Å². The maximum Gasteiger partial charge on any atom is 0.244 e. The molecule has 0 aliphatic rings. The number of nitrogens with zero attached hydrogens (tertiary/aromatic N) is 2. The molecule has 0 heterocycles. The van der Waals surface area contributed by atoms with Crippen LogP contribution in [0.2, 0.25) is 15.1 Å². The smallest absolute Gasteiger partial charge is 0.244 e. The zero-order valence-electron chi connectivity index (χ0n) is 20.7. The number of nitrogens with one attached hydrogen (secondary N) is 1. The van der Waals surface area contributed by atoms with Crippen molar-refractivity contribution < 1.29 is 22.7 Å². The number of carbonyl (C=O) groups is 2. The summed E-state index contributed by atoms with van der Waals surface area (Å²) in [6.07, 6.45) is 1.68. The van der Waals surface area contributed by atoms with Gasteiger partial charge >= 0.3 is 0 Å². The molecule has 0 saturated carbocycles. The molecule has 0 aliphatic heterocycles. The monoisotopic (exact) mass is 577 g/mol. The highest BCUT2D eigenvalue weighted by atomic mass is 35.5. The first-order valence-corrected chi connectivity index (χ1v) is 14.1. The molecule has 198 valence electrons. The number of rotatable bonds is 11. The Hall–Kier alpha value is -2.20. The summed E-state index contributed by atoms with van der Waals surface area (Å²) in [5.74, 6) is -0.763. The van der Waals surface area contributed by atoms with Gasteiger partial charge in [0.05, 0.1) is 29.1 Å². The largest absolute Gasteiger partial charge is 0.495 e. The molecule has 2 aromatic carbocycles. The van der Waals surface area contributed by atoms with Gasteiger partial charge in [-0.05, 0) is 56.2 Å². The molecular weight excluding hydrogens is 549 g/mol. The zero-order valence-corrected chi connectivity index (χ0v) is 23.8. The van der Waals surface area contributed by atoms with Gasteiger partial charge in [0.2, 0.25) is 21.8 Å². The van der Waals surface area contributed by atoms with Crippen LogP contribution in [0.15, 0.2) is 36.4 Å². The van der Waals surface area contributed by atoms with Crippen LogP contribution in [-0.4, -0.2) is 57.1 Å². The molecule has 0 unspecified atom stereocenters. The quantitative estimate of drug-likeness (QED) is 0.415. The Labute approximate surface area is 227 Å². The minimum Gasteiger partial charge on any atom is -0.495 e. The van der Waals surface area contributed by atoms with Crippen molar-refractivity contribution in [3.8, 4) is 5.75 Å². The highest BCUT2D eigenvalue weighted by Crippen LogP contribution is 2.33. The van der Waals surface area contributed by atoms with Crippen molar-refractivity contribution in [3.63, 3.8) is 0 Å². The lowest BCUT2D eigenvalue weighted by molar-refractivity contribution is -0.139. The van der Waals surface area contributed by atoms with E-state index in [9.17, 15) is 18.0 Å². The van der Waals surface area contributed by atoms with Crippen LogP contribution in [0.25, 0.3) is 0 Å². The molecule has 0 saturated heterocycles. The second kappa shape index (κ2) is 12.9. The fraction of sp³-hybridized carbons (Fsp3) is 0.417. The molecule has 36 heavy (non-hydrogen) atoms. The Balaban J connectivity index is 2.48. The van der Waals surface area contributed by atoms with E-state index in [0.717, 1.165) is 10.6 Å². The lowest BCUT2D eigenvalue weighted by Crippen LogP contribution is -2.52. The molecule has 2 aromatic rings. The van der Waals surface area contributed by atoms with Gasteiger partial charge in [0, 0.05) is 17.6 Å². The van der Waals surface area contributed by atoms with Crippen LogP contribution in [-0.2, 0) is 26.2 Å². The molecule has 2 atom stereocenters. The van der Waals surface area contributed by atoms with E-state index in [1.807, 2.05) is 13.8 Å². The maximum absolute atomic E-state index is 13.6. The number of methoxy groups -OCH3 is 1. The second-order valence-corrected chi connectivity index (χ2v) is 11.5. The van der Waals surface area contributed by atoms with E-state index >= 15 is 0 Å². The zero-order chi connectivity index (χ0) is 27.2. The molecule has 0 bridgehead atoms. The number of sulfonamides is 1. The summed E-state index contributed by atoms with van der Waals surface area (Å²) in [4.78, 5) is 27.9. The van der Waals surface area contributed by atoms with Crippen molar-refractivity contribution in [3.05, 3.63) is 57.0 Å². The third-order valence-electron chi connectivity index (χ3n) is 5.59. The van der Waals surface area contributed by atoms with Gasteiger partial charge in [0.15, 0.2) is 0 Å². The SMILES string of the molecule is CC[C@@H](C)NC(=O)[C@@H](C)N(Cc1ccc(Cl)c(Cl)c1)C(=O)CN(c1cc(Cl)ccc1OC)S(C)(=O)=O. The van der Waals surface area contributed by atoms with Gasteiger partial charge in [-0.15, -0.1) is 0 Å². The lowest BCUT2D eigenvalue weighted by atomic mass is 10.1. The summed E-state index contributed by atoms with van der Waals surface area (Å²) in [7, 11) is -2.56. The molecule has 12 heteroatoms. The van der Waals surface area contributed by atoms with Crippen molar-refractivity contribution in [2.45, 2.75) is 45.8 Å². The number of anilines is 1. The minimum atomic E-state index is -3.94. The molecule has 2 amide bonds. The van der Waals surface area contributed by atoms with Gasteiger partial charge in [-0.3, -0.25) is 13.9 Å². The molecule has 2 rings (SSSR count). The van der Waals surface area contributed by atoms with Crippen molar-refractivity contribution in [1.29, 1.82) is 0 Å². The van der Waals surface area contributed by atoms with E-state index < -0.39 is 28.5 Å². The van der Waals surface area contributed by atoms with Gasteiger partial charge in [-0.1, -0.05) is 47.8 Å². The standard InChI is InChI=1S/C24H30Cl3N3O5S/c1-6-15(2)28-24(32)16(3)29(13-17-7-9-19(26)20(27)11-17)23(31)14-30(36(5,33)34)21-12-18(25)8-10-22(21)35-4/h7-12,15-16H,6,13-14H2,1-5H3,(H,28,32)/t15-,16-/m1/s1. The van der Waals surface area contributed by atoms with Crippen molar-refractivity contribution in [2.24, 2.45) is 0 Å². The van der Waals surface area contributed by atoms with Crippen LogP contribution in [0.3, 0.4) is 0 Å². The topological polar surface area (TPSA) is 96.0 Å². The van der Waals surface area contributed by atoms with Gasteiger partial charge in [-0.25, -0.2) is 8.42 Å². The average molecular weight is 579 g/mol. The maximum atomic E-state index is 13.6. The lowest BCUT2D eigenvalue weighted by Gasteiger charge is -2.32. The molecule has 0 radical (unpaired) electrons. The number of benzene rings is 2. The van der Waals surface area contributed by atoms with E-state index in [2.05, 4.69) is 5.32 Å². The van der Waals surface area contributed by atoms with Crippen molar-refractivity contribution in [1.82, 2.24) is 10.2 Å². The first kappa shape index (κ1) is 30.0. The molecule has 0 fully saturated rings. The summed E-state index contributed by atoms with van der Waals surface area (Å²) in [5, 5.41) is 3.76. The van der Waals surface area contributed by atoms with Crippen LogP contribution in [0, 0.1) is 0 Å².